The molecule has 0 bridgehead atoms. The Morgan fingerprint density at radius 3 is 3.05 bits per heavy atom. The molecule has 5 heteroatoms. The molecule has 0 spiro atoms. The normalized spacial score (nSPS) is 20.4. The predicted octanol–water partition coefficient (Wildman–Crippen LogP) is 2.07. The number of hydrogen-bond donors (Lipinski definition) is 1. The highest BCUT2D eigenvalue weighted by molar-refractivity contribution is 7.80. The fourth-order valence-electron chi connectivity index (χ4n) is 2.35. The highest BCUT2D eigenvalue weighted by Gasteiger charge is 2.20. The van der Waals surface area contributed by atoms with Gasteiger partial charge in [0.1, 0.15) is 10.8 Å². The summed E-state index contributed by atoms with van der Waals surface area (Å²) in [5.74, 6) is -0.254. The van der Waals surface area contributed by atoms with Crippen molar-refractivity contribution in [3.8, 4) is 0 Å². The van der Waals surface area contributed by atoms with Gasteiger partial charge in [0.05, 0.1) is 12.7 Å². The van der Waals surface area contributed by atoms with Crippen molar-refractivity contribution in [2.75, 3.05) is 19.7 Å². The molecule has 0 radical (unpaired) electrons. The lowest BCUT2D eigenvalue weighted by Gasteiger charge is -2.32. The summed E-state index contributed by atoms with van der Waals surface area (Å²) in [4.78, 5) is 2.57. The van der Waals surface area contributed by atoms with Crippen molar-refractivity contribution in [3.05, 3.63) is 35.1 Å². The van der Waals surface area contributed by atoms with E-state index in [0.717, 1.165) is 37.2 Å². The van der Waals surface area contributed by atoms with Gasteiger partial charge in [-0.25, -0.2) is 4.39 Å². The molecule has 3 nitrogen and oxygen atoms in total. The third kappa shape index (κ3) is 3.72. The van der Waals surface area contributed by atoms with Gasteiger partial charge in [-0.15, -0.1) is 0 Å². The van der Waals surface area contributed by atoms with E-state index in [-0.39, 0.29) is 11.9 Å². The highest BCUT2D eigenvalue weighted by Crippen LogP contribution is 2.17. The van der Waals surface area contributed by atoms with E-state index < -0.39 is 0 Å². The minimum atomic E-state index is -0.254. The van der Waals surface area contributed by atoms with Gasteiger partial charge in [-0.2, -0.15) is 0 Å². The molecule has 2 rings (SSSR count). The van der Waals surface area contributed by atoms with E-state index >= 15 is 0 Å². The fraction of sp³-hybridized carbons (Fsp3) is 0.500. The maximum atomic E-state index is 13.4. The standard InChI is InChI=1S/C14H19FN2OS/c1-2-12-9-17(5-6-18-12)8-10-7-11(15)3-4-13(10)14(16)19/h3-4,7,12H,2,5-6,8-9H2,1H3,(H2,16,19). The lowest BCUT2D eigenvalue weighted by atomic mass is 10.1. The minimum Gasteiger partial charge on any atom is -0.389 e. The lowest BCUT2D eigenvalue weighted by Crippen LogP contribution is -2.41. The number of ether oxygens (including phenoxy) is 1. The number of rotatable bonds is 4. The fourth-order valence-corrected chi connectivity index (χ4v) is 2.54. The van der Waals surface area contributed by atoms with Crippen LogP contribution < -0.4 is 5.73 Å². The topological polar surface area (TPSA) is 38.5 Å². The Bertz CT molecular complexity index is 467. The number of hydrogen-bond acceptors (Lipinski definition) is 3. The number of benzene rings is 1. The van der Waals surface area contributed by atoms with Crippen molar-refractivity contribution < 1.29 is 9.13 Å². The van der Waals surface area contributed by atoms with Crippen LogP contribution >= 0.6 is 12.2 Å². The maximum Gasteiger partial charge on any atom is 0.123 e. The summed E-state index contributed by atoms with van der Waals surface area (Å²) in [7, 11) is 0. The van der Waals surface area contributed by atoms with Crippen LogP contribution in [0.25, 0.3) is 0 Å². The highest BCUT2D eigenvalue weighted by atomic mass is 32.1. The Morgan fingerprint density at radius 1 is 1.58 bits per heavy atom. The van der Waals surface area contributed by atoms with E-state index in [9.17, 15) is 4.39 Å². The van der Waals surface area contributed by atoms with E-state index in [2.05, 4.69) is 11.8 Å². The van der Waals surface area contributed by atoms with Crippen molar-refractivity contribution in [2.24, 2.45) is 5.73 Å². The van der Waals surface area contributed by atoms with E-state index in [1.165, 1.54) is 12.1 Å². The molecule has 0 aliphatic carbocycles. The number of morpholine rings is 1. The van der Waals surface area contributed by atoms with Gasteiger partial charge in [0.15, 0.2) is 0 Å². The van der Waals surface area contributed by atoms with Gasteiger partial charge in [0.2, 0.25) is 0 Å². The zero-order valence-corrected chi connectivity index (χ0v) is 11.9. The van der Waals surface area contributed by atoms with E-state index in [4.69, 9.17) is 22.7 Å². The predicted molar refractivity (Wildman–Crippen MR) is 77.6 cm³/mol. The SMILES string of the molecule is CCC1CN(Cc2cc(F)ccc2C(N)=S)CCO1. The lowest BCUT2D eigenvalue weighted by molar-refractivity contribution is -0.0325. The second-order valence-corrected chi connectivity index (χ2v) is 5.24. The summed E-state index contributed by atoms with van der Waals surface area (Å²) >= 11 is 5.02. The second kappa shape index (κ2) is 6.41. The summed E-state index contributed by atoms with van der Waals surface area (Å²) in [5.41, 5.74) is 7.30. The summed E-state index contributed by atoms with van der Waals surface area (Å²) < 4.78 is 19.0. The Hall–Kier alpha value is -1.04. The van der Waals surface area contributed by atoms with E-state index in [1.807, 2.05) is 0 Å². The number of halogens is 1. The minimum absolute atomic E-state index is 0.254. The molecular formula is C14H19FN2OS. The molecule has 0 saturated carbocycles. The Kier molecular flexibility index (Phi) is 4.85. The number of nitrogens with zero attached hydrogens (tertiary/aromatic N) is 1. The first-order chi connectivity index (χ1) is 9.10. The molecule has 1 unspecified atom stereocenters. The van der Waals surface area contributed by atoms with E-state index in [0.29, 0.717) is 11.5 Å². The molecule has 1 aliphatic heterocycles. The molecule has 1 aliphatic rings. The first kappa shape index (κ1) is 14.4. The van der Waals surface area contributed by atoms with Crippen LogP contribution in [-0.2, 0) is 11.3 Å². The Morgan fingerprint density at radius 2 is 2.37 bits per heavy atom. The number of thiocarbonyl (C=S) groups is 1. The van der Waals surface area contributed by atoms with Crippen LogP contribution in [0.3, 0.4) is 0 Å². The van der Waals surface area contributed by atoms with Gasteiger partial charge in [0.25, 0.3) is 0 Å². The molecule has 1 atom stereocenters. The van der Waals surface area contributed by atoms with Gasteiger partial charge < -0.3 is 10.5 Å². The average Bonchev–Trinajstić information content (AvgIpc) is 2.38. The van der Waals surface area contributed by atoms with Crippen molar-refractivity contribution in [3.63, 3.8) is 0 Å². The Labute approximate surface area is 118 Å². The van der Waals surface area contributed by atoms with Gasteiger partial charge in [0, 0.05) is 25.2 Å². The molecule has 1 aromatic rings. The average molecular weight is 282 g/mol. The molecule has 0 amide bonds. The van der Waals surface area contributed by atoms with Crippen LogP contribution in [0.2, 0.25) is 0 Å². The monoisotopic (exact) mass is 282 g/mol. The van der Waals surface area contributed by atoms with Gasteiger partial charge >= 0.3 is 0 Å². The van der Waals surface area contributed by atoms with Crippen LogP contribution in [0.5, 0.6) is 0 Å². The van der Waals surface area contributed by atoms with Crippen LogP contribution in [0.1, 0.15) is 24.5 Å². The smallest absolute Gasteiger partial charge is 0.123 e. The maximum absolute atomic E-state index is 13.4. The quantitative estimate of drug-likeness (QED) is 0.858. The van der Waals surface area contributed by atoms with Gasteiger partial charge in [-0.1, -0.05) is 19.1 Å². The summed E-state index contributed by atoms with van der Waals surface area (Å²) in [6, 6.07) is 4.57. The third-order valence-corrected chi connectivity index (χ3v) is 3.62. The van der Waals surface area contributed by atoms with Crippen LogP contribution in [-0.4, -0.2) is 35.7 Å². The van der Waals surface area contributed by atoms with Gasteiger partial charge in [-0.05, 0) is 30.2 Å². The molecule has 19 heavy (non-hydrogen) atoms. The van der Waals surface area contributed by atoms with Crippen LogP contribution in [0.4, 0.5) is 4.39 Å². The van der Waals surface area contributed by atoms with Crippen molar-refractivity contribution in [1.82, 2.24) is 4.90 Å². The second-order valence-electron chi connectivity index (χ2n) is 4.80. The molecule has 1 aromatic carbocycles. The largest absolute Gasteiger partial charge is 0.389 e. The molecule has 1 heterocycles. The molecule has 104 valence electrons. The number of nitrogens with two attached hydrogens (primary N) is 1. The van der Waals surface area contributed by atoms with Gasteiger partial charge in [-0.3, -0.25) is 4.90 Å². The first-order valence-corrected chi connectivity index (χ1v) is 6.93. The zero-order valence-electron chi connectivity index (χ0n) is 11.1. The molecule has 1 saturated heterocycles. The van der Waals surface area contributed by atoms with Crippen LogP contribution in [0, 0.1) is 5.82 Å². The Balaban J connectivity index is 2.13. The summed E-state index contributed by atoms with van der Waals surface area (Å²) in [6.07, 6.45) is 1.25. The summed E-state index contributed by atoms with van der Waals surface area (Å²) in [6.45, 7) is 5.20. The zero-order chi connectivity index (χ0) is 13.8. The van der Waals surface area contributed by atoms with Crippen molar-refractivity contribution in [1.29, 1.82) is 0 Å². The molecule has 1 fully saturated rings. The molecular weight excluding hydrogens is 263 g/mol. The summed E-state index contributed by atoms with van der Waals surface area (Å²) in [5, 5.41) is 0. The molecule has 0 aromatic heterocycles. The van der Waals surface area contributed by atoms with Crippen LogP contribution in [0.15, 0.2) is 18.2 Å². The molecule has 2 N–H and O–H groups in total. The first-order valence-electron chi connectivity index (χ1n) is 6.52. The van der Waals surface area contributed by atoms with Crippen molar-refractivity contribution in [2.45, 2.75) is 26.0 Å². The third-order valence-electron chi connectivity index (χ3n) is 3.40. The van der Waals surface area contributed by atoms with Crippen molar-refractivity contribution >= 4 is 17.2 Å². The van der Waals surface area contributed by atoms with E-state index in [1.54, 1.807) is 6.07 Å².